The molecule has 1 aromatic rings. The molecule has 0 aliphatic carbocycles. The molecule has 0 saturated carbocycles. The summed E-state index contributed by atoms with van der Waals surface area (Å²) in [6.07, 6.45) is 0.806. The molecule has 0 radical (unpaired) electrons. The Kier molecular flexibility index (Phi) is 4.65. The predicted octanol–water partition coefficient (Wildman–Crippen LogP) is 0.990. The van der Waals surface area contributed by atoms with E-state index >= 15 is 0 Å². The molecule has 1 aromatic carbocycles. The number of carbonyl (C=O) groups excluding carboxylic acids is 1. The van der Waals surface area contributed by atoms with Crippen molar-refractivity contribution in [2.75, 3.05) is 25.0 Å². The Morgan fingerprint density at radius 3 is 2.70 bits per heavy atom. The number of benzene rings is 1. The van der Waals surface area contributed by atoms with E-state index in [4.69, 9.17) is 0 Å². The number of nitrogens with one attached hydrogen (secondary N) is 1. The van der Waals surface area contributed by atoms with Crippen molar-refractivity contribution >= 4 is 17.3 Å². The molecule has 1 amide bonds. The third kappa shape index (κ3) is 4.01. The number of hydrogen-bond donors (Lipinski definition) is 2. The van der Waals surface area contributed by atoms with Gasteiger partial charge in [-0.05, 0) is 18.6 Å². The molecule has 1 aliphatic heterocycles. The molecule has 1 fully saturated rings. The van der Waals surface area contributed by atoms with E-state index in [0.717, 1.165) is 13.0 Å². The monoisotopic (exact) mass is 279 g/mol. The highest BCUT2D eigenvalue weighted by molar-refractivity contribution is 5.90. The third-order valence-electron chi connectivity index (χ3n) is 3.26. The lowest BCUT2D eigenvalue weighted by Gasteiger charge is -2.14. The fourth-order valence-corrected chi connectivity index (χ4v) is 2.16. The van der Waals surface area contributed by atoms with E-state index in [-0.39, 0.29) is 17.7 Å². The fraction of sp³-hybridized carbons (Fsp3) is 0.462. The maximum atomic E-state index is 11.7. The van der Waals surface area contributed by atoms with Crippen LogP contribution in [0.1, 0.15) is 12.8 Å². The molecule has 0 bridgehead atoms. The van der Waals surface area contributed by atoms with Crippen molar-refractivity contribution in [1.29, 1.82) is 0 Å². The van der Waals surface area contributed by atoms with Gasteiger partial charge in [0, 0.05) is 43.9 Å². The molecule has 2 rings (SSSR count). The van der Waals surface area contributed by atoms with Crippen molar-refractivity contribution in [2.24, 2.45) is 0 Å². The molecule has 1 aliphatic rings. The number of hydrogen-bond acceptors (Lipinski definition) is 5. The van der Waals surface area contributed by atoms with E-state index < -0.39 is 4.92 Å². The summed E-state index contributed by atoms with van der Waals surface area (Å²) in [6, 6.07) is 5.73. The third-order valence-corrected chi connectivity index (χ3v) is 3.26. The summed E-state index contributed by atoms with van der Waals surface area (Å²) in [4.78, 5) is 23.8. The average molecular weight is 279 g/mol. The van der Waals surface area contributed by atoms with Gasteiger partial charge in [-0.15, -0.1) is 0 Å². The maximum Gasteiger partial charge on any atom is 0.269 e. The van der Waals surface area contributed by atoms with Crippen molar-refractivity contribution in [2.45, 2.75) is 18.9 Å². The number of aliphatic hydroxyl groups excluding tert-OH is 1. The van der Waals surface area contributed by atoms with Crippen LogP contribution < -0.4 is 5.32 Å². The second-order valence-corrected chi connectivity index (χ2v) is 4.85. The van der Waals surface area contributed by atoms with Crippen molar-refractivity contribution < 1.29 is 14.8 Å². The zero-order valence-corrected chi connectivity index (χ0v) is 11.0. The minimum atomic E-state index is -0.482. The summed E-state index contributed by atoms with van der Waals surface area (Å²) in [5.74, 6) is -0.139. The first-order valence-electron chi connectivity index (χ1n) is 6.49. The molecule has 1 heterocycles. The second kappa shape index (κ2) is 6.44. The van der Waals surface area contributed by atoms with Crippen molar-refractivity contribution in [1.82, 2.24) is 4.90 Å². The van der Waals surface area contributed by atoms with Crippen LogP contribution in [0.5, 0.6) is 0 Å². The lowest BCUT2D eigenvalue weighted by Crippen LogP contribution is -2.26. The van der Waals surface area contributed by atoms with Gasteiger partial charge in [0.1, 0.15) is 0 Å². The summed E-state index contributed by atoms with van der Waals surface area (Å²) >= 11 is 0. The van der Waals surface area contributed by atoms with Crippen LogP contribution in [0.3, 0.4) is 0 Å². The van der Waals surface area contributed by atoms with Gasteiger partial charge >= 0.3 is 0 Å². The van der Waals surface area contributed by atoms with Crippen LogP contribution in [-0.2, 0) is 4.79 Å². The van der Waals surface area contributed by atoms with Crippen LogP contribution >= 0.6 is 0 Å². The van der Waals surface area contributed by atoms with Gasteiger partial charge in [-0.25, -0.2) is 0 Å². The number of likely N-dealkylation sites (tertiary alicyclic amines) is 1. The average Bonchev–Trinajstić information content (AvgIpc) is 2.83. The van der Waals surface area contributed by atoms with Crippen molar-refractivity contribution in [3.8, 4) is 0 Å². The van der Waals surface area contributed by atoms with Crippen molar-refractivity contribution in [3.05, 3.63) is 34.4 Å². The van der Waals surface area contributed by atoms with Gasteiger partial charge in [0.15, 0.2) is 0 Å². The Morgan fingerprint density at radius 1 is 1.45 bits per heavy atom. The topological polar surface area (TPSA) is 95.7 Å². The SMILES string of the molecule is O=C(CCN1CC[C@@H](O)C1)Nc1ccc([N+](=O)[O-])cc1. The van der Waals surface area contributed by atoms with Gasteiger partial charge in [0.2, 0.25) is 5.91 Å². The van der Waals surface area contributed by atoms with E-state index in [9.17, 15) is 20.0 Å². The molecule has 0 unspecified atom stereocenters. The Bertz CT molecular complexity index is 489. The number of nitrogens with zero attached hydrogens (tertiary/aromatic N) is 2. The van der Waals surface area contributed by atoms with Gasteiger partial charge < -0.3 is 15.3 Å². The Morgan fingerprint density at radius 2 is 2.15 bits per heavy atom. The van der Waals surface area contributed by atoms with Crippen LogP contribution in [0, 0.1) is 10.1 Å². The number of nitro benzene ring substituents is 1. The summed E-state index contributed by atoms with van der Waals surface area (Å²) in [6.45, 7) is 2.03. The molecule has 108 valence electrons. The van der Waals surface area contributed by atoms with Gasteiger partial charge in [0.05, 0.1) is 11.0 Å². The van der Waals surface area contributed by atoms with Crippen LogP contribution in [0.25, 0.3) is 0 Å². The zero-order chi connectivity index (χ0) is 14.5. The first-order valence-corrected chi connectivity index (χ1v) is 6.49. The van der Waals surface area contributed by atoms with Crippen molar-refractivity contribution in [3.63, 3.8) is 0 Å². The molecule has 2 N–H and O–H groups in total. The van der Waals surface area contributed by atoms with Gasteiger partial charge in [-0.3, -0.25) is 14.9 Å². The maximum absolute atomic E-state index is 11.7. The van der Waals surface area contributed by atoms with E-state index in [2.05, 4.69) is 5.32 Å². The number of aliphatic hydroxyl groups is 1. The van der Waals surface area contributed by atoms with Crippen LogP contribution in [0.2, 0.25) is 0 Å². The second-order valence-electron chi connectivity index (χ2n) is 4.85. The summed E-state index contributed by atoms with van der Waals surface area (Å²) < 4.78 is 0. The van der Waals surface area contributed by atoms with E-state index in [1.807, 2.05) is 4.90 Å². The Hall–Kier alpha value is -1.99. The number of nitro groups is 1. The molecule has 1 saturated heterocycles. The molecule has 7 nitrogen and oxygen atoms in total. The number of rotatable bonds is 5. The number of carbonyl (C=O) groups is 1. The number of anilines is 1. The van der Waals surface area contributed by atoms with E-state index in [1.165, 1.54) is 24.3 Å². The zero-order valence-electron chi connectivity index (χ0n) is 11.0. The molecular weight excluding hydrogens is 262 g/mol. The van der Waals surface area contributed by atoms with Gasteiger partial charge in [-0.1, -0.05) is 0 Å². The highest BCUT2D eigenvalue weighted by atomic mass is 16.6. The van der Waals surface area contributed by atoms with Crippen LogP contribution in [-0.4, -0.2) is 46.6 Å². The Labute approximate surface area is 116 Å². The summed E-state index contributed by atoms with van der Waals surface area (Å²) in [5.41, 5.74) is 0.538. The number of β-amino-alcohol motifs (C(OH)–C–C–N with tert-alkyl or cyclic N) is 1. The van der Waals surface area contributed by atoms with Crippen LogP contribution in [0.15, 0.2) is 24.3 Å². The molecule has 0 aromatic heterocycles. The molecule has 1 atom stereocenters. The molecule has 20 heavy (non-hydrogen) atoms. The molecular formula is C13H17N3O4. The standard InChI is InChI=1S/C13H17N3O4/c17-12-5-7-15(9-12)8-6-13(18)14-10-1-3-11(4-2-10)16(19)20/h1-4,12,17H,5-9H2,(H,14,18)/t12-/m1/s1. The van der Waals surface area contributed by atoms with Gasteiger partial charge in [0.25, 0.3) is 5.69 Å². The first kappa shape index (κ1) is 14.4. The van der Waals surface area contributed by atoms with E-state index in [1.54, 1.807) is 0 Å². The largest absolute Gasteiger partial charge is 0.392 e. The number of amides is 1. The lowest BCUT2D eigenvalue weighted by molar-refractivity contribution is -0.384. The minimum Gasteiger partial charge on any atom is -0.392 e. The highest BCUT2D eigenvalue weighted by Crippen LogP contribution is 2.15. The molecule has 7 heteroatoms. The number of non-ortho nitro benzene ring substituents is 1. The summed E-state index contributed by atoms with van der Waals surface area (Å²) in [5, 5.41) is 22.6. The first-order chi connectivity index (χ1) is 9.54. The van der Waals surface area contributed by atoms with E-state index in [0.29, 0.717) is 25.2 Å². The fourth-order valence-electron chi connectivity index (χ4n) is 2.16. The minimum absolute atomic E-state index is 0.00551. The molecule has 0 spiro atoms. The van der Waals surface area contributed by atoms with Crippen LogP contribution in [0.4, 0.5) is 11.4 Å². The Balaban J connectivity index is 1.77. The smallest absolute Gasteiger partial charge is 0.269 e. The van der Waals surface area contributed by atoms with Gasteiger partial charge in [-0.2, -0.15) is 0 Å². The highest BCUT2D eigenvalue weighted by Gasteiger charge is 2.20. The lowest BCUT2D eigenvalue weighted by atomic mass is 10.2. The summed E-state index contributed by atoms with van der Waals surface area (Å²) in [7, 11) is 0. The predicted molar refractivity (Wildman–Crippen MR) is 73.4 cm³/mol. The normalized spacial score (nSPS) is 18.9. The quantitative estimate of drug-likeness (QED) is 0.619.